The van der Waals surface area contributed by atoms with E-state index in [-0.39, 0.29) is 0 Å². The molecule has 0 rings (SSSR count). The van der Waals surface area contributed by atoms with Gasteiger partial charge in [0.15, 0.2) is 0 Å². The molecule has 2 heteroatoms. The van der Waals surface area contributed by atoms with Crippen LogP contribution in [0.1, 0.15) is 27.7 Å². The molecular weight excluding hydrogens is 247 g/mol. The maximum absolute atomic E-state index is 2.39. The third-order valence-electron chi connectivity index (χ3n) is 2.38. The molecule has 0 atom stereocenters. The minimum absolute atomic E-state index is 1.35. The molecule has 0 unspecified atom stereocenters. The Kier molecular flexibility index (Phi) is 6.42. The van der Waals surface area contributed by atoms with E-state index in [1.807, 2.05) is 0 Å². The Morgan fingerprint density at radius 3 is 1.40 bits per heavy atom. The van der Waals surface area contributed by atoms with Crippen molar-refractivity contribution in [3.05, 3.63) is 0 Å². The summed E-state index contributed by atoms with van der Waals surface area (Å²) in [6.45, 7) is 9.49. The van der Waals surface area contributed by atoms with Gasteiger partial charge in [-0.15, -0.1) is 0 Å². The van der Waals surface area contributed by atoms with E-state index in [1.54, 1.807) is 0 Å². The van der Waals surface area contributed by atoms with Crippen LogP contribution in [0.4, 0.5) is 0 Å². The zero-order valence-corrected chi connectivity index (χ0v) is 11.4. The Labute approximate surface area is 72.5 Å². The third-order valence-corrected chi connectivity index (χ3v) is 27.8. The van der Waals surface area contributed by atoms with Crippen LogP contribution in [0.5, 0.6) is 0 Å². The van der Waals surface area contributed by atoms with E-state index in [0.29, 0.717) is 0 Å². The average Bonchev–Trinajstić information content (AvgIpc) is 2.01. The molecule has 0 aromatic carbocycles. The van der Waals surface area contributed by atoms with Gasteiger partial charge in [-0.2, -0.15) is 0 Å². The molecule has 0 aliphatic heterocycles. The van der Waals surface area contributed by atoms with Crippen molar-refractivity contribution >= 4 is 25.9 Å². The van der Waals surface area contributed by atoms with Gasteiger partial charge >= 0.3 is 72.7 Å². The third kappa shape index (κ3) is 3.03. The quantitative estimate of drug-likeness (QED) is 0.683. The second-order valence-corrected chi connectivity index (χ2v) is 24.6. The van der Waals surface area contributed by atoms with Crippen LogP contribution in [-0.2, 0) is 0 Å². The fraction of sp³-hybridized carbons (Fsp3) is 1.00. The second kappa shape index (κ2) is 5.76. The molecule has 0 nitrogen and oxygen atoms in total. The SMILES string of the molecule is CC[S][Sn]([CH2]C)([CH2]C)[CH2]C. The van der Waals surface area contributed by atoms with Gasteiger partial charge < -0.3 is 0 Å². The molecule has 0 N–H and O–H groups in total. The molecule has 0 amide bonds. The van der Waals surface area contributed by atoms with Crippen molar-refractivity contribution < 1.29 is 0 Å². The Bertz CT molecular complexity index is 71.1. The molecule has 0 heterocycles. The molecule has 0 radical (unpaired) electrons. The van der Waals surface area contributed by atoms with Gasteiger partial charge in [0.2, 0.25) is 0 Å². The first-order valence-corrected chi connectivity index (χ1v) is 14.9. The van der Waals surface area contributed by atoms with Crippen LogP contribution in [0, 0.1) is 0 Å². The average molecular weight is 267 g/mol. The molecule has 0 saturated heterocycles. The van der Waals surface area contributed by atoms with Crippen molar-refractivity contribution in [3.8, 4) is 0 Å². The fourth-order valence-corrected chi connectivity index (χ4v) is 17.4. The summed E-state index contributed by atoms with van der Waals surface area (Å²) in [5.41, 5.74) is 0. The molecule has 0 aromatic rings. The summed E-state index contributed by atoms with van der Waals surface area (Å²) in [6.07, 6.45) is 0. The standard InChI is InChI=1S/C2H6S.3C2H5.Sn/c1-2-3;3*1-2;/h3H,2H2,1H3;3*1H2,2H3;/q;;;;+1/p-1. The summed E-state index contributed by atoms with van der Waals surface area (Å²) in [7, 11) is 2.33. The molecule has 0 bridgehead atoms. The van der Waals surface area contributed by atoms with Crippen molar-refractivity contribution in [1.29, 1.82) is 0 Å². The molecular formula is C8H20SSn. The molecule has 0 aliphatic carbocycles. The van der Waals surface area contributed by atoms with Gasteiger partial charge in [-0.25, -0.2) is 0 Å². The van der Waals surface area contributed by atoms with Crippen molar-refractivity contribution in [2.75, 3.05) is 5.75 Å². The Hall–Kier alpha value is 1.15. The van der Waals surface area contributed by atoms with E-state index in [2.05, 4.69) is 36.6 Å². The Balaban J connectivity index is 3.87. The van der Waals surface area contributed by atoms with Gasteiger partial charge in [-0.3, -0.25) is 0 Å². The molecule has 10 heavy (non-hydrogen) atoms. The predicted molar refractivity (Wildman–Crippen MR) is 55.3 cm³/mol. The van der Waals surface area contributed by atoms with Crippen LogP contribution in [-0.4, -0.2) is 22.7 Å². The van der Waals surface area contributed by atoms with E-state index < -0.39 is 17.0 Å². The fourth-order valence-electron chi connectivity index (χ4n) is 1.36. The Morgan fingerprint density at radius 1 is 0.900 bits per heavy atom. The molecule has 0 aromatic heterocycles. The minimum atomic E-state index is -1.51. The monoisotopic (exact) mass is 268 g/mol. The van der Waals surface area contributed by atoms with Gasteiger partial charge in [0.25, 0.3) is 0 Å². The van der Waals surface area contributed by atoms with Crippen LogP contribution >= 0.6 is 8.95 Å². The summed E-state index contributed by atoms with van der Waals surface area (Å²) in [6, 6.07) is 0. The number of rotatable bonds is 5. The molecule has 62 valence electrons. The maximum atomic E-state index is 2.39. The summed E-state index contributed by atoms with van der Waals surface area (Å²) in [5.74, 6) is 1.35. The number of hydrogen-bond donors (Lipinski definition) is 0. The van der Waals surface area contributed by atoms with E-state index in [4.69, 9.17) is 0 Å². The Morgan fingerprint density at radius 2 is 1.30 bits per heavy atom. The zero-order chi connectivity index (χ0) is 8.04. The van der Waals surface area contributed by atoms with Gasteiger partial charge in [0.1, 0.15) is 0 Å². The van der Waals surface area contributed by atoms with Gasteiger partial charge in [0, 0.05) is 0 Å². The topological polar surface area (TPSA) is 0 Å². The van der Waals surface area contributed by atoms with Crippen LogP contribution in [0.15, 0.2) is 0 Å². The van der Waals surface area contributed by atoms with Crippen LogP contribution in [0.3, 0.4) is 0 Å². The van der Waals surface area contributed by atoms with E-state index in [1.165, 1.54) is 19.1 Å². The summed E-state index contributed by atoms with van der Waals surface area (Å²) < 4.78 is 4.58. The normalized spacial score (nSPS) is 12.0. The second-order valence-electron chi connectivity index (χ2n) is 2.68. The molecule has 0 saturated carbocycles. The van der Waals surface area contributed by atoms with Crippen LogP contribution < -0.4 is 0 Å². The van der Waals surface area contributed by atoms with Crippen molar-refractivity contribution in [1.82, 2.24) is 0 Å². The van der Waals surface area contributed by atoms with Gasteiger partial charge in [0.05, 0.1) is 0 Å². The van der Waals surface area contributed by atoms with Crippen molar-refractivity contribution in [2.45, 2.75) is 41.0 Å². The molecule has 0 aliphatic rings. The first kappa shape index (κ1) is 11.1. The van der Waals surface area contributed by atoms with Crippen LogP contribution in [0.2, 0.25) is 13.3 Å². The summed E-state index contributed by atoms with van der Waals surface area (Å²) in [4.78, 5) is 0. The first-order chi connectivity index (χ1) is 4.74. The summed E-state index contributed by atoms with van der Waals surface area (Å²) >= 11 is -1.51. The van der Waals surface area contributed by atoms with Crippen molar-refractivity contribution in [2.24, 2.45) is 0 Å². The van der Waals surface area contributed by atoms with Crippen molar-refractivity contribution in [3.63, 3.8) is 0 Å². The zero-order valence-electron chi connectivity index (χ0n) is 7.74. The molecule has 0 fully saturated rings. The van der Waals surface area contributed by atoms with Gasteiger partial charge in [-0.05, 0) is 0 Å². The van der Waals surface area contributed by atoms with E-state index in [9.17, 15) is 0 Å². The van der Waals surface area contributed by atoms with Crippen LogP contribution in [0.25, 0.3) is 0 Å². The molecule has 0 spiro atoms. The van der Waals surface area contributed by atoms with E-state index >= 15 is 0 Å². The van der Waals surface area contributed by atoms with E-state index in [0.717, 1.165) is 0 Å². The predicted octanol–water partition coefficient (Wildman–Crippen LogP) is 3.74. The first-order valence-electron chi connectivity index (χ1n) is 4.38. The summed E-state index contributed by atoms with van der Waals surface area (Å²) in [5, 5.41) is 0. The number of hydrogen-bond acceptors (Lipinski definition) is 1. The van der Waals surface area contributed by atoms with Gasteiger partial charge in [-0.1, -0.05) is 0 Å².